The summed E-state index contributed by atoms with van der Waals surface area (Å²) >= 11 is 0. The molecule has 5 rings (SSSR count). The Kier molecular flexibility index (Phi) is 10.7. The molecule has 260 valence electrons. The van der Waals surface area contributed by atoms with Gasteiger partial charge in [0.15, 0.2) is 0 Å². The van der Waals surface area contributed by atoms with Crippen molar-refractivity contribution in [3.8, 4) is 0 Å². The highest BCUT2D eigenvalue weighted by atomic mass is 19.4. The molecule has 0 spiro atoms. The number of anilines is 2. The highest BCUT2D eigenvalue weighted by molar-refractivity contribution is 6.03. The molecule has 10 heteroatoms. The number of hydrogen-bond donors (Lipinski definition) is 2. The molecule has 1 fully saturated rings. The lowest BCUT2D eigenvalue weighted by Gasteiger charge is -2.39. The topological polar surface area (TPSA) is 58.2 Å². The molecular weight excluding hydrogens is 654 g/mol. The van der Waals surface area contributed by atoms with E-state index >= 15 is 0 Å². The van der Waals surface area contributed by atoms with Crippen LogP contribution in [0.3, 0.4) is 0 Å². The van der Waals surface area contributed by atoms with Gasteiger partial charge in [0.05, 0.1) is 11.1 Å². The normalized spacial score (nSPS) is 15.0. The number of carbonyl (C=O) groups excluding carboxylic acids is 2. The first-order chi connectivity index (χ1) is 23.6. The van der Waals surface area contributed by atoms with Crippen molar-refractivity contribution in [3.05, 3.63) is 142 Å². The lowest BCUT2D eigenvalue weighted by molar-refractivity contribution is -0.138. The van der Waals surface area contributed by atoms with Gasteiger partial charge < -0.3 is 10.6 Å². The number of hydrogen-bond acceptors (Lipinski definition) is 2. The van der Waals surface area contributed by atoms with Gasteiger partial charge in [0, 0.05) is 28.9 Å². The molecule has 50 heavy (non-hydrogen) atoms. The van der Waals surface area contributed by atoms with Gasteiger partial charge >= 0.3 is 12.4 Å². The van der Waals surface area contributed by atoms with Crippen LogP contribution in [0.1, 0.15) is 76.6 Å². The average molecular weight is 691 g/mol. The van der Waals surface area contributed by atoms with Crippen LogP contribution in [0, 0.1) is 13.8 Å². The molecule has 0 bridgehead atoms. The van der Waals surface area contributed by atoms with Crippen LogP contribution in [-0.2, 0) is 27.4 Å². The molecule has 2 amide bonds. The summed E-state index contributed by atoms with van der Waals surface area (Å²) in [6, 6.07) is 21.3. The Morgan fingerprint density at radius 1 is 0.600 bits per heavy atom. The van der Waals surface area contributed by atoms with Crippen molar-refractivity contribution in [3.63, 3.8) is 0 Å². The Morgan fingerprint density at radius 2 is 1.02 bits per heavy atom. The summed E-state index contributed by atoms with van der Waals surface area (Å²) < 4.78 is 78.3. The van der Waals surface area contributed by atoms with Gasteiger partial charge in [-0.05, 0) is 109 Å². The van der Waals surface area contributed by atoms with Crippen molar-refractivity contribution >= 4 is 35.3 Å². The predicted octanol–water partition coefficient (Wildman–Crippen LogP) is 10.9. The minimum Gasteiger partial charge on any atom is -0.322 e. The molecule has 0 atom stereocenters. The van der Waals surface area contributed by atoms with Crippen LogP contribution in [0.25, 0.3) is 12.2 Å². The second-order valence-electron chi connectivity index (χ2n) is 12.6. The van der Waals surface area contributed by atoms with Crippen molar-refractivity contribution < 1.29 is 35.9 Å². The Bertz CT molecular complexity index is 1800. The van der Waals surface area contributed by atoms with E-state index in [4.69, 9.17) is 0 Å². The van der Waals surface area contributed by atoms with Gasteiger partial charge in [-0.15, -0.1) is 0 Å². The monoisotopic (exact) mass is 690 g/mol. The van der Waals surface area contributed by atoms with E-state index in [1.165, 1.54) is 48.6 Å². The summed E-state index contributed by atoms with van der Waals surface area (Å²) in [5.74, 6) is -0.938. The quantitative estimate of drug-likeness (QED) is 0.143. The maximum atomic E-state index is 13.0. The molecule has 0 aromatic heterocycles. The van der Waals surface area contributed by atoms with Gasteiger partial charge in [-0.25, -0.2) is 0 Å². The van der Waals surface area contributed by atoms with Crippen molar-refractivity contribution in [2.24, 2.45) is 0 Å². The van der Waals surface area contributed by atoms with Gasteiger partial charge in [0.2, 0.25) is 11.8 Å². The molecule has 1 aliphatic rings. The van der Waals surface area contributed by atoms with Crippen molar-refractivity contribution in [2.75, 3.05) is 10.6 Å². The molecule has 0 heterocycles. The number of benzene rings is 4. The second kappa shape index (κ2) is 14.8. The summed E-state index contributed by atoms with van der Waals surface area (Å²) in [7, 11) is 0. The maximum Gasteiger partial charge on any atom is 0.416 e. The van der Waals surface area contributed by atoms with Crippen molar-refractivity contribution in [2.45, 2.75) is 63.7 Å². The van der Waals surface area contributed by atoms with Gasteiger partial charge in [-0.2, -0.15) is 26.3 Å². The Hall–Kier alpha value is -5.12. The van der Waals surface area contributed by atoms with Crippen LogP contribution < -0.4 is 10.6 Å². The Morgan fingerprint density at radius 3 is 1.40 bits per heavy atom. The van der Waals surface area contributed by atoms with E-state index in [9.17, 15) is 35.9 Å². The van der Waals surface area contributed by atoms with Gasteiger partial charge in [0.1, 0.15) is 0 Å². The molecule has 0 aliphatic heterocycles. The lowest BCUT2D eigenvalue weighted by atomic mass is 9.65. The van der Waals surface area contributed by atoms with Crippen molar-refractivity contribution in [1.29, 1.82) is 0 Å². The molecule has 4 aromatic rings. The van der Waals surface area contributed by atoms with Crippen molar-refractivity contribution in [1.82, 2.24) is 0 Å². The summed E-state index contributed by atoms with van der Waals surface area (Å²) in [4.78, 5) is 25.4. The summed E-state index contributed by atoms with van der Waals surface area (Å²) in [6.07, 6.45) is 1.10. The van der Waals surface area contributed by atoms with E-state index in [0.29, 0.717) is 11.4 Å². The highest BCUT2D eigenvalue weighted by Crippen LogP contribution is 2.46. The minimum absolute atomic E-state index is 0.258. The Labute approximate surface area is 286 Å². The number of nitrogens with one attached hydrogen (secondary N) is 2. The molecule has 4 nitrogen and oxygen atoms in total. The molecule has 1 aliphatic carbocycles. The van der Waals surface area contributed by atoms with E-state index < -0.39 is 35.3 Å². The first-order valence-electron chi connectivity index (χ1n) is 16.2. The van der Waals surface area contributed by atoms with E-state index in [-0.39, 0.29) is 16.5 Å². The standard InChI is InChI=1S/C40H36F6N2O2/c1-26-22-30(14-16-34(26)47-36(49)18-12-28-8-6-10-32(24-28)39(41,42)43)38(20-4-3-5-21-38)31-15-17-35(27(2)23-31)48-37(50)19-13-29-9-7-11-33(25-29)40(44,45)46/h6-19,22-25H,3-5,20-21H2,1-2H3,(H,47,49)(H,48,50)/b18-12+,19-13+. The van der Waals surface area contributed by atoms with Crippen LogP contribution in [-0.4, -0.2) is 11.8 Å². The Balaban J connectivity index is 1.31. The zero-order valence-corrected chi connectivity index (χ0v) is 27.5. The summed E-state index contributed by atoms with van der Waals surface area (Å²) in [5, 5.41) is 5.66. The number of alkyl halides is 6. The average Bonchev–Trinajstić information content (AvgIpc) is 3.08. The highest BCUT2D eigenvalue weighted by Gasteiger charge is 2.36. The molecule has 1 saturated carbocycles. The van der Waals surface area contributed by atoms with E-state index in [1.54, 1.807) is 0 Å². The zero-order chi connectivity index (χ0) is 36.1. The number of aryl methyl sites for hydroxylation is 2. The molecule has 0 radical (unpaired) electrons. The third-order valence-corrected chi connectivity index (χ3v) is 9.06. The molecule has 0 unspecified atom stereocenters. The lowest BCUT2D eigenvalue weighted by Crippen LogP contribution is -2.31. The summed E-state index contributed by atoms with van der Waals surface area (Å²) in [5.41, 5.74) is 3.66. The van der Waals surface area contributed by atoms with E-state index in [1.807, 2.05) is 38.1 Å². The van der Waals surface area contributed by atoms with Crippen LogP contribution in [0.2, 0.25) is 0 Å². The van der Waals surface area contributed by atoms with Crippen LogP contribution >= 0.6 is 0 Å². The van der Waals surface area contributed by atoms with Gasteiger partial charge in [-0.1, -0.05) is 67.8 Å². The number of rotatable bonds is 8. The predicted molar refractivity (Wildman–Crippen MR) is 184 cm³/mol. The van der Waals surface area contributed by atoms with Crippen LogP contribution in [0.4, 0.5) is 37.7 Å². The van der Waals surface area contributed by atoms with E-state index in [2.05, 4.69) is 22.8 Å². The first-order valence-corrected chi connectivity index (χ1v) is 16.2. The van der Waals surface area contributed by atoms with Gasteiger partial charge in [0.25, 0.3) is 0 Å². The fraction of sp³-hybridized carbons (Fsp3) is 0.250. The first kappa shape index (κ1) is 36.2. The number of halogens is 6. The molecular formula is C40H36F6N2O2. The fourth-order valence-electron chi connectivity index (χ4n) is 6.43. The third kappa shape index (κ3) is 8.72. The van der Waals surface area contributed by atoms with Crippen LogP contribution in [0.5, 0.6) is 0 Å². The number of amides is 2. The molecule has 2 N–H and O–H groups in total. The second-order valence-corrected chi connectivity index (χ2v) is 12.6. The number of carbonyl (C=O) groups is 2. The third-order valence-electron chi connectivity index (χ3n) is 9.06. The van der Waals surface area contributed by atoms with E-state index in [0.717, 1.165) is 78.6 Å². The maximum absolute atomic E-state index is 13.0. The van der Waals surface area contributed by atoms with Crippen LogP contribution in [0.15, 0.2) is 97.1 Å². The zero-order valence-electron chi connectivity index (χ0n) is 27.5. The largest absolute Gasteiger partial charge is 0.416 e. The minimum atomic E-state index is -4.48. The fourth-order valence-corrected chi connectivity index (χ4v) is 6.43. The van der Waals surface area contributed by atoms with Gasteiger partial charge in [-0.3, -0.25) is 9.59 Å². The summed E-state index contributed by atoms with van der Waals surface area (Å²) in [6.45, 7) is 3.78. The molecule has 0 saturated heterocycles. The molecule has 4 aromatic carbocycles. The smallest absolute Gasteiger partial charge is 0.322 e. The SMILES string of the molecule is Cc1cc(C2(c3ccc(NC(=O)/C=C/c4cccc(C(F)(F)F)c4)c(C)c3)CCCCC2)ccc1NC(=O)/C=C/c1cccc(C(F)(F)F)c1.